The van der Waals surface area contributed by atoms with E-state index in [1.165, 1.54) is 0 Å². The monoisotopic (exact) mass is 198 g/mol. The summed E-state index contributed by atoms with van der Waals surface area (Å²) in [5, 5.41) is 8.52. The molecular formula is C11H22N2O. The molecule has 0 radical (unpaired) electrons. The molecule has 1 unspecified atom stereocenters. The molecule has 82 valence electrons. The van der Waals surface area contributed by atoms with E-state index in [-0.39, 0.29) is 0 Å². The first-order chi connectivity index (χ1) is 6.57. The summed E-state index contributed by atoms with van der Waals surface area (Å²) in [5.41, 5.74) is 0. The first kappa shape index (κ1) is 13.4. The Balaban J connectivity index is 3.44. The van der Waals surface area contributed by atoms with E-state index in [0.29, 0.717) is 18.4 Å². The zero-order valence-corrected chi connectivity index (χ0v) is 9.79. The molecule has 1 atom stereocenters. The first-order valence-electron chi connectivity index (χ1n) is 5.22. The minimum absolute atomic E-state index is 0.322. The van der Waals surface area contributed by atoms with Gasteiger partial charge < -0.3 is 9.64 Å². The van der Waals surface area contributed by atoms with Crippen LogP contribution in [0.2, 0.25) is 0 Å². The van der Waals surface area contributed by atoms with Crippen LogP contribution in [0.4, 0.5) is 0 Å². The third kappa shape index (κ3) is 6.88. The van der Waals surface area contributed by atoms with Gasteiger partial charge in [0.2, 0.25) is 0 Å². The van der Waals surface area contributed by atoms with Crippen molar-refractivity contribution in [1.29, 1.82) is 5.26 Å². The summed E-state index contributed by atoms with van der Waals surface area (Å²) < 4.78 is 5.47. The number of hydrogen-bond donors (Lipinski definition) is 0. The minimum atomic E-state index is 0.322. The molecule has 0 saturated heterocycles. The van der Waals surface area contributed by atoms with E-state index in [9.17, 15) is 0 Å². The Morgan fingerprint density at radius 1 is 1.36 bits per heavy atom. The van der Waals surface area contributed by atoms with Crippen molar-refractivity contribution in [2.24, 2.45) is 5.92 Å². The molecule has 0 bridgehead atoms. The molecule has 0 heterocycles. The molecule has 0 saturated carbocycles. The average molecular weight is 198 g/mol. The van der Waals surface area contributed by atoms with Crippen molar-refractivity contribution in [3.05, 3.63) is 0 Å². The second-order valence-corrected chi connectivity index (χ2v) is 4.16. The summed E-state index contributed by atoms with van der Waals surface area (Å²) in [6.45, 7) is 8.82. The molecule has 0 aliphatic heterocycles. The van der Waals surface area contributed by atoms with Gasteiger partial charge in [-0.15, -0.1) is 0 Å². The predicted molar refractivity (Wildman–Crippen MR) is 58.0 cm³/mol. The van der Waals surface area contributed by atoms with E-state index in [2.05, 4.69) is 31.7 Å². The fraction of sp³-hybridized carbons (Fsp3) is 0.909. The van der Waals surface area contributed by atoms with E-state index in [0.717, 1.165) is 19.8 Å². The molecular weight excluding hydrogens is 176 g/mol. The van der Waals surface area contributed by atoms with Crippen molar-refractivity contribution in [2.45, 2.75) is 33.2 Å². The first-order valence-corrected chi connectivity index (χ1v) is 5.22. The van der Waals surface area contributed by atoms with Crippen LogP contribution in [0.15, 0.2) is 0 Å². The van der Waals surface area contributed by atoms with Crippen molar-refractivity contribution in [3.8, 4) is 6.07 Å². The van der Waals surface area contributed by atoms with E-state index < -0.39 is 0 Å². The number of ether oxygens (including phenoxy) is 1. The van der Waals surface area contributed by atoms with Crippen molar-refractivity contribution in [3.63, 3.8) is 0 Å². The van der Waals surface area contributed by atoms with Gasteiger partial charge in [-0.3, -0.25) is 0 Å². The highest BCUT2D eigenvalue weighted by Crippen LogP contribution is 1.99. The van der Waals surface area contributed by atoms with Crippen LogP contribution in [0.3, 0.4) is 0 Å². The molecule has 0 aliphatic carbocycles. The maximum absolute atomic E-state index is 8.52. The molecule has 0 amide bonds. The zero-order chi connectivity index (χ0) is 11.0. The lowest BCUT2D eigenvalue weighted by Gasteiger charge is -2.22. The van der Waals surface area contributed by atoms with Gasteiger partial charge >= 0.3 is 0 Å². The summed E-state index contributed by atoms with van der Waals surface area (Å²) in [5.74, 6) is 0.594. The van der Waals surface area contributed by atoms with Crippen LogP contribution >= 0.6 is 0 Å². The predicted octanol–water partition coefficient (Wildman–Crippen LogP) is 1.89. The number of likely N-dealkylation sites (N-methyl/N-ethyl adjacent to an activating group) is 1. The normalized spacial score (nSPS) is 13.2. The third-order valence-electron chi connectivity index (χ3n) is 2.18. The van der Waals surface area contributed by atoms with Gasteiger partial charge in [0.1, 0.15) is 0 Å². The van der Waals surface area contributed by atoms with E-state index in [4.69, 9.17) is 10.00 Å². The van der Waals surface area contributed by atoms with E-state index >= 15 is 0 Å². The Kier molecular flexibility index (Phi) is 7.45. The minimum Gasteiger partial charge on any atom is -0.380 e. The molecule has 0 spiro atoms. The standard InChI is InChI=1S/C11H22N2O/c1-10(2)9-14-8-7-13(4)11(3)5-6-12/h10-11H,5,7-9H2,1-4H3. The van der Waals surface area contributed by atoms with Crippen LogP contribution in [-0.4, -0.2) is 37.7 Å². The fourth-order valence-corrected chi connectivity index (χ4v) is 1.04. The second-order valence-electron chi connectivity index (χ2n) is 4.16. The van der Waals surface area contributed by atoms with E-state index in [1.54, 1.807) is 0 Å². The van der Waals surface area contributed by atoms with Crippen LogP contribution in [0.1, 0.15) is 27.2 Å². The molecule has 0 aliphatic rings. The maximum Gasteiger partial charge on any atom is 0.0638 e. The lowest BCUT2D eigenvalue weighted by molar-refractivity contribution is 0.0836. The summed E-state index contributed by atoms with van der Waals surface area (Å²) in [6.07, 6.45) is 0.584. The number of rotatable bonds is 7. The highest BCUT2D eigenvalue weighted by Gasteiger charge is 2.07. The van der Waals surface area contributed by atoms with Crippen LogP contribution in [0, 0.1) is 17.2 Å². The average Bonchev–Trinajstić information content (AvgIpc) is 2.12. The van der Waals surface area contributed by atoms with Gasteiger partial charge in [-0.2, -0.15) is 5.26 Å². The lowest BCUT2D eigenvalue weighted by Crippen LogP contribution is -2.32. The highest BCUT2D eigenvalue weighted by molar-refractivity contribution is 4.78. The molecule has 0 aromatic heterocycles. The zero-order valence-electron chi connectivity index (χ0n) is 9.79. The second kappa shape index (κ2) is 7.78. The lowest BCUT2D eigenvalue weighted by atomic mass is 10.2. The molecule has 14 heavy (non-hydrogen) atoms. The molecule has 3 heteroatoms. The summed E-state index contributed by atoms with van der Waals surface area (Å²) >= 11 is 0. The Hall–Kier alpha value is -0.590. The molecule has 3 nitrogen and oxygen atoms in total. The molecule has 0 fully saturated rings. The third-order valence-corrected chi connectivity index (χ3v) is 2.18. The number of nitriles is 1. The Bertz CT molecular complexity index is 175. The van der Waals surface area contributed by atoms with Crippen LogP contribution in [-0.2, 0) is 4.74 Å². The van der Waals surface area contributed by atoms with Crippen LogP contribution in [0.25, 0.3) is 0 Å². The van der Waals surface area contributed by atoms with Gasteiger partial charge in [0.05, 0.1) is 19.1 Å². The van der Waals surface area contributed by atoms with Gasteiger partial charge in [0, 0.05) is 19.2 Å². The van der Waals surface area contributed by atoms with Gasteiger partial charge in [-0.05, 0) is 19.9 Å². The Morgan fingerprint density at radius 3 is 2.50 bits per heavy atom. The van der Waals surface area contributed by atoms with Crippen molar-refractivity contribution >= 4 is 0 Å². The molecule has 0 rings (SSSR count). The van der Waals surface area contributed by atoms with Gasteiger partial charge in [0.15, 0.2) is 0 Å². The maximum atomic E-state index is 8.52. The Morgan fingerprint density at radius 2 is 2.00 bits per heavy atom. The largest absolute Gasteiger partial charge is 0.380 e. The molecule has 0 N–H and O–H groups in total. The van der Waals surface area contributed by atoms with Gasteiger partial charge in [-0.25, -0.2) is 0 Å². The van der Waals surface area contributed by atoms with Crippen molar-refractivity contribution in [2.75, 3.05) is 26.8 Å². The van der Waals surface area contributed by atoms with Crippen molar-refractivity contribution < 1.29 is 4.74 Å². The van der Waals surface area contributed by atoms with Crippen molar-refractivity contribution in [1.82, 2.24) is 4.90 Å². The van der Waals surface area contributed by atoms with E-state index in [1.807, 2.05) is 7.05 Å². The fourth-order valence-electron chi connectivity index (χ4n) is 1.04. The summed E-state index contributed by atoms with van der Waals surface area (Å²) in [4.78, 5) is 2.16. The smallest absolute Gasteiger partial charge is 0.0638 e. The highest BCUT2D eigenvalue weighted by atomic mass is 16.5. The van der Waals surface area contributed by atoms with Crippen LogP contribution < -0.4 is 0 Å². The summed E-state index contributed by atoms with van der Waals surface area (Å²) in [7, 11) is 2.03. The van der Waals surface area contributed by atoms with Gasteiger partial charge in [-0.1, -0.05) is 13.8 Å². The number of hydrogen-bond acceptors (Lipinski definition) is 3. The number of nitrogens with zero attached hydrogens (tertiary/aromatic N) is 2. The SMILES string of the molecule is CC(C)COCCN(C)C(C)CC#N. The quantitative estimate of drug-likeness (QED) is 0.586. The Labute approximate surface area is 87.7 Å². The van der Waals surface area contributed by atoms with Gasteiger partial charge in [0.25, 0.3) is 0 Å². The van der Waals surface area contributed by atoms with Crippen LogP contribution in [0.5, 0.6) is 0 Å². The molecule has 0 aromatic rings. The topological polar surface area (TPSA) is 36.3 Å². The molecule has 0 aromatic carbocycles. The summed E-state index contributed by atoms with van der Waals surface area (Å²) in [6, 6.07) is 2.50.